The summed E-state index contributed by atoms with van der Waals surface area (Å²) < 4.78 is 23.5. The molecule has 0 saturated heterocycles. The van der Waals surface area contributed by atoms with Crippen LogP contribution in [0.4, 0.5) is 0 Å². The lowest BCUT2D eigenvalue weighted by Crippen LogP contribution is -2.10. The molecule has 0 amide bonds. The zero-order valence-corrected chi connectivity index (χ0v) is 18.8. The highest BCUT2D eigenvalue weighted by molar-refractivity contribution is 5.66. The van der Waals surface area contributed by atoms with Crippen molar-refractivity contribution < 1.29 is 18.9 Å². The summed E-state index contributed by atoms with van der Waals surface area (Å²) in [5.41, 5.74) is 3.06. The largest absolute Gasteiger partial charge is 0.494 e. The first-order valence-corrected chi connectivity index (χ1v) is 10.9. The molecule has 3 aromatic rings. The van der Waals surface area contributed by atoms with E-state index in [-0.39, 0.29) is 0 Å². The van der Waals surface area contributed by atoms with Gasteiger partial charge in [0.05, 0.1) is 32.3 Å². The molecular formula is C27H31O4. The van der Waals surface area contributed by atoms with E-state index in [1.807, 2.05) is 70.2 Å². The van der Waals surface area contributed by atoms with Crippen molar-refractivity contribution in [3.8, 4) is 23.0 Å². The van der Waals surface area contributed by atoms with Crippen LogP contribution in [0.2, 0.25) is 0 Å². The van der Waals surface area contributed by atoms with Gasteiger partial charge >= 0.3 is 0 Å². The Bertz CT molecular complexity index is 893. The highest BCUT2D eigenvalue weighted by atomic mass is 16.5. The van der Waals surface area contributed by atoms with Crippen molar-refractivity contribution in [2.24, 2.45) is 0 Å². The number of benzene rings is 3. The fourth-order valence-electron chi connectivity index (χ4n) is 3.54. The SMILES string of the molecule is CCOc1ccc([C](c2ccccc2)c2ccc(OCC)cc2OCC)c(OCC)c1. The van der Waals surface area contributed by atoms with Crippen LogP contribution in [0, 0.1) is 5.92 Å². The van der Waals surface area contributed by atoms with Gasteiger partial charge in [-0.25, -0.2) is 0 Å². The van der Waals surface area contributed by atoms with Crippen LogP contribution in [0.15, 0.2) is 66.7 Å². The van der Waals surface area contributed by atoms with Crippen molar-refractivity contribution >= 4 is 0 Å². The minimum Gasteiger partial charge on any atom is -0.494 e. The van der Waals surface area contributed by atoms with Crippen LogP contribution < -0.4 is 18.9 Å². The van der Waals surface area contributed by atoms with E-state index in [0.717, 1.165) is 45.6 Å². The van der Waals surface area contributed by atoms with Crippen molar-refractivity contribution in [1.82, 2.24) is 0 Å². The third kappa shape index (κ3) is 5.52. The van der Waals surface area contributed by atoms with Crippen LogP contribution in [0.1, 0.15) is 44.4 Å². The minimum atomic E-state index is 0.562. The summed E-state index contributed by atoms with van der Waals surface area (Å²) in [5.74, 6) is 4.18. The van der Waals surface area contributed by atoms with E-state index in [2.05, 4.69) is 24.3 Å². The van der Waals surface area contributed by atoms with Gasteiger partial charge in [0.1, 0.15) is 23.0 Å². The molecule has 1 radical (unpaired) electrons. The molecule has 163 valence electrons. The molecule has 0 aliphatic carbocycles. The lowest BCUT2D eigenvalue weighted by Gasteiger charge is -2.24. The molecule has 3 rings (SSSR count). The van der Waals surface area contributed by atoms with Gasteiger partial charge in [0, 0.05) is 23.3 Å². The van der Waals surface area contributed by atoms with Crippen LogP contribution in [0.25, 0.3) is 0 Å². The summed E-state index contributed by atoms with van der Waals surface area (Å²) >= 11 is 0. The monoisotopic (exact) mass is 419 g/mol. The van der Waals surface area contributed by atoms with Crippen LogP contribution in [-0.4, -0.2) is 26.4 Å². The highest BCUT2D eigenvalue weighted by Crippen LogP contribution is 2.42. The standard InChI is InChI=1S/C27H31O4/c1-5-28-21-14-16-23(25(18-21)30-7-3)27(20-12-10-9-11-13-20)24-17-15-22(29-6-2)19-26(24)31-8-4/h9-19H,5-8H2,1-4H3. The molecule has 0 saturated carbocycles. The average molecular weight is 420 g/mol. The topological polar surface area (TPSA) is 36.9 Å². The third-order valence-electron chi connectivity index (χ3n) is 4.73. The van der Waals surface area contributed by atoms with Gasteiger partial charge in [-0.3, -0.25) is 0 Å². The minimum absolute atomic E-state index is 0.562. The van der Waals surface area contributed by atoms with Crippen LogP contribution in [0.3, 0.4) is 0 Å². The Balaban J connectivity index is 2.19. The van der Waals surface area contributed by atoms with Gasteiger partial charge < -0.3 is 18.9 Å². The first-order chi connectivity index (χ1) is 15.2. The quantitative estimate of drug-likeness (QED) is 0.342. The third-order valence-corrected chi connectivity index (χ3v) is 4.73. The molecule has 31 heavy (non-hydrogen) atoms. The molecule has 0 aliphatic heterocycles. The Morgan fingerprint density at radius 1 is 0.548 bits per heavy atom. The lowest BCUT2D eigenvalue weighted by atomic mass is 9.84. The average Bonchev–Trinajstić information content (AvgIpc) is 2.78. The van der Waals surface area contributed by atoms with Gasteiger partial charge in [0.25, 0.3) is 0 Å². The highest BCUT2D eigenvalue weighted by Gasteiger charge is 2.26. The van der Waals surface area contributed by atoms with Crippen molar-refractivity contribution in [2.75, 3.05) is 26.4 Å². The molecule has 0 bridgehead atoms. The van der Waals surface area contributed by atoms with E-state index in [4.69, 9.17) is 18.9 Å². The zero-order chi connectivity index (χ0) is 22.1. The fourth-order valence-corrected chi connectivity index (χ4v) is 3.54. The van der Waals surface area contributed by atoms with Gasteiger partial charge in [-0.15, -0.1) is 0 Å². The van der Waals surface area contributed by atoms with E-state index in [0.29, 0.717) is 26.4 Å². The second-order valence-corrected chi connectivity index (χ2v) is 6.79. The fraction of sp³-hybridized carbons (Fsp3) is 0.296. The smallest absolute Gasteiger partial charge is 0.127 e. The van der Waals surface area contributed by atoms with Crippen LogP contribution in [-0.2, 0) is 0 Å². The number of rotatable bonds is 11. The van der Waals surface area contributed by atoms with E-state index in [1.165, 1.54) is 0 Å². The number of hydrogen-bond donors (Lipinski definition) is 0. The molecule has 0 fully saturated rings. The molecule has 0 atom stereocenters. The maximum Gasteiger partial charge on any atom is 0.127 e. The molecular weight excluding hydrogens is 388 g/mol. The van der Waals surface area contributed by atoms with Crippen molar-refractivity contribution in [2.45, 2.75) is 27.7 Å². The summed E-state index contributed by atoms with van der Waals surface area (Å²) in [7, 11) is 0. The summed E-state index contributed by atoms with van der Waals surface area (Å²) in [6.45, 7) is 10.3. The Morgan fingerprint density at radius 3 is 1.42 bits per heavy atom. The van der Waals surface area contributed by atoms with Gasteiger partial charge in [0.2, 0.25) is 0 Å². The van der Waals surface area contributed by atoms with Gasteiger partial charge in [-0.2, -0.15) is 0 Å². The van der Waals surface area contributed by atoms with E-state index in [1.54, 1.807) is 0 Å². The molecule has 0 aliphatic rings. The van der Waals surface area contributed by atoms with Crippen molar-refractivity contribution in [3.63, 3.8) is 0 Å². The van der Waals surface area contributed by atoms with Gasteiger partial charge in [0.15, 0.2) is 0 Å². The maximum atomic E-state index is 6.04. The van der Waals surface area contributed by atoms with E-state index >= 15 is 0 Å². The second-order valence-electron chi connectivity index (χ2n) is 6.79. The van der Waals surface area contributed by atoms with E-state index < -0.39 is 0 Å². The Labute approximate surface area is 185 Å². The summed E-state index contributed by atoms with van der Waals surface area (Å²) in [6, 6.07) is 22.3. The molecule has 4 heteroatoms. The Hall–Kier alpha value is -3.14. The van der Waals surface area contributed by atoms with Crippen LogP contribution in [0.5, 0.6) is 23.0 Å². The normalized spacial score (nSPS) is 10.7. The first kappa shape index (κ1) is 22.5. The van der Waals surface area contributed by atoms with Crippen molar-refractivity contribution in [3.05, 3.63) is 89.3 Å². The maximum absolute atomic E-state index is 6.04. The Kier molecular flexibility index (Phi) is 8.22. The second kappa shape index (κ2) is 11.3. The molecule has 0 unspecified atom stereocenters. The summed E-state index contributed by atoms with van der Waals surface area (Å²) in [4.78, 5) is 0. The first-order valence-electron chi connectivity index (χ1n) is 10.9. The Morgan fingerprint density at radius 2 is 1.00 bits per heavy atom. The lowest BCUT2D eigenvalue weighted by molar-refractivity contribution is 0.320. The molecule has 0 N–H and O–H groups in total. The van der Waals surface area contributed by atoms with Crippen molar-refractivity contribution in [1.29, 1.82) is 0 Å². The van der Waals surface area contributed by atoms with E-state index in [9.17, 15) is 0 Å². The molecule has 0 heterocycles. The number of hydrogen-bond acceptors (Lipinski definition) is 4. The molecule has 0 spiro atoms. The summed E-state index contributed by atoms with van der Waals surface area (Å²) in [5, 5.41) is 0. The van der Waals surface area contributed by atoms with Gasteiger partial charge in [-0.05, 0) is 45.4 Å². The predicted octanol–water partition coefficient (Wildman–Crippen LogP) is 6.30. The zero-order valence-electron chi connectivity index (χ0n) is 18.8. The predicted molar refractivity (Wildman–Crippen MR) is 125 cm³/mol. The van der Waals surface area contributed by atoms with Crippen LogP contribution >= 0.6 is 0 Å². The molecule has 4 nitrogen and oxygen atoms in total. The summed E-state index contributed by atoms with van der Waals surface area (Å²) in [6.07, 6.45) is 0. The molecule has 3 aromatic carbocycles. The number of ether oxygens (including phenoxy) is 4. The molecule has 0 aromatic heterocycles. The van der Waals surface area contributed by atoms with Gasteiger partial charge in [-0.1, -0.05) is 42.5 Å².